The summed E-state index contributed by atoms with van der Waals surface area (Å²) < 4.78 is 11.5. The number of hydrogen-bond acceptors (Lipinski definition) is 2. The van der Waals surface area contributed by atoms with Crippen LogP contribution in [0.5, 0.6) is 11.5 Å². The van der Waals surface area contributed by atoms with Gasteiger partial charge in [0.2, 0.25) is 0 Å². The molecule has 0 saturated carbocycles. The second-order valence-electron chi connectivity index (χ2n) is 6.75. The van der Waals surface area contributed by atoms with E-state index in [0.29, 0.717) is 6.61 Å². The molecule has 0 N–H and O–H groups in total. The summed E-state index contributed by atoms with van der Waals surface area (Å²) in [5.74, 6) is 1.79. The van der Waals surface area contributed by atoms with Crippen LogP contribution in [0.25, 0.3) is 21.5 Å². The van der Waals surface area contributed by atoms with Gasteiger partial charge in [-0.05, 0) is 82.4 Å². The van der Waals surface area contributed by atoms with Crippen LogP contribution < -0.4 is 9.47 Å². The van der Waals surface area contributed by atoms with E-state index in [9.17, 15) is 0 Å². The fourth-order valence-electron chi connectivity index (χ4n) is 3.50. The van der Waals surface area contributed by atoms with Gasteiger partial charge in [-0.2, -0.15) is 0 Å². The molecule has 4 rings (SSSR count). The normalized spacial score (nSPS) is 11.0. The third kappa shape index (κ3) is 3.11. The molecule has 0 amide bonds. The van der Waals surface area contributed by atoms with Crippen LogP contribution in [-0.4, -0.2) is 7.11 Å². The highest BCUT2D eigenvalue weighted by Crippen LogP contribution is 2.28. The average Bonchev–Trinajstić information content (AvgIpc) is 2.66. The molecular weight excluding hydrogens is 320 g/mol. The Hall–Kier alpha value is -3.00. The maximum absolute atomic E-state index is 6.09. The van der Waals surface area contributed by atoms with E-state index >= 15 is 0 Å². The van der Waals surface area contributed by atoms with E-state index in [1.54, 1.807) is 7.11 Å². The second-order valence-corrected chi connectivity index (χ2v) is 6.75. The van der Waals surface area contributed by atoms with Gasteiger partial charge in [0.25, 0.3) is 0 Å². The van der Waals surface area contributed by atoms with E-state index in [2.05, 4.69) is 80.6 Å². The van der Waals surface area contributed by atoms with Crippen LogP contribution in [0.3, 0.4) is 0 Å². The minimum absolute atomic E-state index is 0.546. The Balaban J connectivity index is 1.61. The Bertz CT molecular complexity index is 1100. The van der Waals surface area contributed by atoms with Crippen LogP contribution in [-0.2, 0) is 6.61 Å². The lowest BCUT2D eigenvalue weighted by Gasteiger charge is -2.11. The first-order valence-corrected chi connectivity index (χ1v) is 8.83. The van der Waals surface area contributed by atoms with Gasteiger partial charge < -0.3 is 9.47 Å². The van der Waals surface area contributed by atoms with E-state index in [1.807, 2.05) is 0 Å². The lowest BCUT2D eigenvalue weighted by molar-refractivity contribution is 0.306. The summed E-state index contributed by atoms with van der Waals surface area (Å²) in [4.78, 5) is 0. The quantitative estimate of drug-likeness (QED) is 0.440. The van der Waals surface area contributed by atoms with E-state index < -0.39 is 0 Å². The SMILES string of the molecule is COc1cc(C)c2ccc(COc3cc(C)c4ccccc4c3)cc2c1. The van der Waals surface area contributed by atoms with E-state index in [1.165, 1.54) is 32.7 Å². The van der Waals surface area contributed by atoms with Gasteiger partial charge >= 0.3 is 0 Å². The van der Waals surface area contributed by atoms with Crippen LogP contribution in [0.15, 0.2) is 66.7 Å². The van der Waals surface area contributed by atoms with Crippen molar-refractivity contribution in [3.05, 3.63) is 83.4 Å². The topological polar surface area (TPSA) is 18.5 Å². The van der Waals surface area contributed by atoms with Crippen molar-refractivity contribution in [1.29, 1.82) is 0 Å². The monoisotopic (exact) mass is 342 g/mol. The number of benzene rings is 4. The van der Waals surface area contributed by atoms with E-state index in [-0.39, 0.29) is 0 Å². The Morgan fingerprint density at radius 2 is 1.38 bits per heavy atom. The third-order valence-corrected chi connectivity index (χ3v) is 4.88. The zero-order chi connectivity index (χ0) is 18.1. The van der Waals surface area contributed by atoms with Crippen molar-refractivity contribution in [1.82, 2.24) is 0 Å². The average molecular weight is 342 g/mol. The number of methoxy groups -OCH3 is 1. The molecule has 0 aliphatic carbocycles. The molecule has 0 heterocycles. The lowest BCUT2D eigenvalue weighted by atomic mass is 10.0. The van der Waals surface area contributed by atoms with Crippen molar-refractivity contribution >= 4 is 21.5 Å². The van der Waals surface area contributed by atoms with E-state index in [4.69, 9.17) is 9.47 Å². The summed E-state index contributed by atoms with van der Waals surface area (Å²) in [6, 6.07) is 23.2. The molecule has 0 aliphatic rings. The van der Waals surface area contributed by atoms with Crippen LogP contribution >= 0.6 is 0 Å². The van der Waals surface area contributed by atoms with Gasteiger partial charge in [0.1, 0.15) is 18.1 Å². The number of rotatable bonds is 4. The molecule has 0 radical (unpaired) electrons. The summed E-state index contributed by atoms with van der Waals surface area (Å²) in [6.07, 6.45) is 0. The van der Waals surface area contributed by atoms with Crippen molar-refractivity contribution < 1.29 is 9.47 Å². The Morgan fingerprint density at radius 1 is 0.692 bits per heavy atom. The Kier molecular flexibility index (Phi) is 4.26. The van der Waals surface area contributed by atoms with Gasteiger partial charge in [-0.25, -0.2) is 0 Å². The smallest absolute Gasteiger partial charge is 0.120 e. The highest BCUT2D eigenvalue weighted by atomic mass is 16.5. The molecule has 26 heavy (non-hydrogen) atoms. The van der Waals surface area contributed by atoms with Crippen molar-refractivity contribution in [2.45, 2.75) is 20.5 Å². The first kappa shape index (κ1) is 16.5. The first-order valence-electron chi connectivity index (χ1n) is 8.83. The molecule has 4 aromatic carbocycles. The molecule has 2 nitrogen and oxygen atoms in total. The number of hydrogen-bond donors (Lipinski definition) is 0. The highest BCUT2D eigenvalue weighted by molar-refractivity contribution is 5.88. The van der Waals surface area contributed by atoms with Gasteiger partial charge in [-0.3, -0.25) is 0 Å². The fourth-order valence-corrected chi connectivity index (χ4v) is 3.50. The molecular formula is C24H22O2. The van der Waals surface area contributed by atoms with Gasteiger partial charge in [0.05, 0.1) is 7.11 Å². The second kappa shape index (κ2) is 6.72. The third-order valence-electron chi connectivity index (χ3n) is 4.88. The largest absolute Gasteiger partial charge is 0.497 e. The standard InChI is InChI=1S/C24H22O2/c1-16-10-21(25-3)14-20-12-18(8-9-24(16)20)15-26-22-11-17(2)23-7-5-4-6-19(23)13-22/h4-14H,15H2,1-3H3. The molecule has 0 bridgehead atoms. The molecule has 0 aromatic heterocycles. The van der Waals surface area contributed by atoms with Crippen molar-refractivity contribution in [3.8, 4) is 11.5 Å². The predicted octanol–water partition coefficient (Wildman–Crippen LogP) is 6.20. The molecule has 2 heteroatoms. The van der Waals surface area contributed by atoms with E-state index in [0.717, 1.165) is 17.1 Å². The molecule has 130 valence electrons. The van der Waals surface area contributed by atoms with Crippen molar-refractivity contribution in [3.63, 3.8) is 0 Å². The van der Waals surface area contributed by atoms with Gasteiger partial charge in [0.15, 0.2) is 0 Å². The number of ether oxygens (including phenoxy) is 2. The molecule has 0 aliphatic heterocycles. The van der Waals surface area contributed by atoms with Crippen molar-refractivity contribution in [2.24, 2.45) is 0 Å². The maximum atomic E-state index is 6.09. The number of fused-ring (bicyclic) bond motifs is 2. The Morgan fingerprint density at radius 3 is 2.19 bits per heavy atom. The first-order chi connectivity index (χ1) is 12.6. The minimum atomic E-state index is 0.546. The van der Waals surface area contributed by atoms with Crippen molar-refractivity contribution in [2.75, 3.05) is 7.11 Å². The highest BCUT2D eigenvalue weighted by Gasteiger charge is 2.05. The van der Waals surface area contributed by atoms with Gasteiger partial charge in [0, 0.05) is 0 Å². The molecule has 0 atom stereocenters. The fraction of sp³-hybridized carbons (Fsp3) is 0.167. The van der Waals surface area contributed by atoms with Crippen LogP contribution in [0.2, 0.25) is 0 Å². The molecule has 0 fully saturated rings. The summed E-state index contributed by atoms with van der Waals surface area (Å²) >= 11 is 0. The zero-order valence-corrected chi connectivity index (χ0v) is 15.4. The maximum Gasteiger partial charge on any atom is 0.120 e. The van der Waals surface area contributed by atoms with Gasteiger partial charge in [-0.1, -0.05) is 36.4 Å². The summed E-state index contributed by atoms with van der Waals surface area (Å²) in [5, 5.41) is 4.91. The predicted molar refractivity (Wildman–Crippen MR) is 108 cm³/mol. The zero-order valence-electron chi connectivity index (χ0n) is 15.4. The Labute approximate surface area is 154 Å². The summed E-state index contributed by atoms with van der Waals surface area (Å²) in [7, 11) is 1.70. The lowest BCUT2D eigenvalue weighted by Crippen LogP contribution is -1.96. The molecule has 0 saturated heterocycles. The van der Waals surface area contributed by atoms with Crippen LogP contribution in [0, 0.1) is 13.8 Å². The minimum Gasteiger partial charge on any atom is -0.497 e. The van der Waals surface area contributed by atoms with Crippen LogP contribution in [0.1, 0.15) is 16.7 Å². The molecule has 0 unspecified atom stereocenters. The van der Waals surface area contributed by atoms with Crippen LogP contribution in [0.4, 0.5) is 0 Å². The summed E-state index contributed by atoms with van der Waals surface area (Å²) in [6.45, 7) is 4.78. The molecule has 0 spiro atoms. The number of aryl methyl sites for hydroxylation is 2. The molecule has 4 aromatic rings. The summed E-state index contributed by atoms with van der Waals surface area (Å²) in [5.41, 5.74) is 3.60. The van der Waals surface area contributed by atoms with Gasteiger partial charge in [-0.15, -0.1) is 0 Å².